The van der Waals surface area contributed by atoms with Gasteiger partial charge in [-0.1, -0.05) is 20.3 Å². The van der Waals surface area contributed by atoms with Crippen LogP contribution >= 0.6 is 0 Å². The lowest BCUT2D eigenvalue weighted by atomic mass is 10.1. The van der Waals surface area contributed by atoms with E-state index in [0.717, 1.165) is 23.4 Å². The van der Waals surface area contributed by atoms with Crippen LogP contribution in [0, 0.1) is 5.92 Å². The van der Waals surface area contributed by atoms with Crippen LogP contribution in [0.5, 0.6) is 0 Å². The van der Waals surface area contributed by atoms with Gasteiger partial charge in [0.15, 0.2) is 11.5 Å². The molecular formula is C13H23N7. The molecule has 0 aromatic carbocycles. The first-order valence-corrected chi connectivity index (χ1v) is 6.88. The second-order valence-corrected chi connectivity index (χ2v) is 5.35. The average molecular weight is 277 g/mol. The van der Waals surface area contributed by atoms with Gasteiger partial charge in [0, 0.05) is 13.6 Å². The zero-order chi connectivity index (χ0) is 14.7. The number of nitrogen functional groups attached to an aromatic ring is 1. The predicted octanol–water partition coefficient (Wildman–Crippen LogP) is 1.13. The summed E-state index contributed by atoms with van der Waals surface area (Å²) < 4.78 is 1.73. The van der Waals surface area contributed by atoms with Crippen LogP contribution in [0.15, 0.2) is 6.20 Å². The monoisotopic (exact) mass is 277 g/mol. The molecule has 1 unspecified atom stereocenters. The molecule has 2 heterocycles. The van der Waals surface area contributed by atoms with Crippen molar-refractivity contribution in [3.63, 3.8) is 0 Å². The SMILES string of the molecule is CCC(C)CN(C)Cc1nc(NN)c2cnn(C)c2n1. The fourth-order valence-corrected chi connectivity index (χ4v) is 2.22. The number of hydrogen-bond donors (Lipinski definition) is 2. The summed E-state index contributed by atoms with van der Waals surface area (Å²) in [6, 6.07) is 0. The number of aryl methyl sites for hydroxylation is 1. The lowest BCUT2D eigenvalue weighted by Gasteiger charge is -2.19. The van der Waals surface area contributed by atoms with Crippen molar-refractivity contribution >= 4 is 16.9 Å². The minimum absolute atomic E-state index is 0.620. The van der Waals surface area contributed by atoms with Crippen molar-refractivity contribution in [2.24, 2.45) is 18.8 Å². The van der Waals surface area contributed by atoms with E-state index in [1.54, 1.807) is 10.9 Å². The third kappa shape index (κ3) is 3.05. The number of hydrazine groups is 1. The highest BCUT2D eigenvalue weighted by atomic mass is 15.3. The summed E-state index contributed by atoms with van der Waals surface area (Å²) >= 11 is 0. The van der Waals surface area contributed by atoms with Crippen molar-refractivity contribution < 1.29 is 0 Å². The standard InChI is InChI=1S/C13H23N7/c1-5-9(2)7-19(3)8-11-16-12(18-14)10-6-15-20(4)13(10)17-11/h6,9H,5,7-8,14H2,1-4H3,(H,16,17,18). The van der Waals surface area contributed by atoms with Crippen LogP contribution in [-0.4, -0.2) is 38.2 Å². The van der Waals surface area contributed by atoms with Gasteiger partial charge in [-0.2, -0.15) is 5.10 Å². The fourth-order valence-electron chi connectivity index (χ4n) is 2.22. The number of nitrogens with one attached hydrogen (secondary N) is 1. The number of nitrogens with two attached hydrogens (primary N) is 1. The topological polar surface area (TPSA) is 84.9 Å². The molecule has 0 fully saturated rings. The van der Waals surface area contributed by atoms with Gasteiger partial charge in [-0.3, -0.25) is 9.58 Å². The van der Waals surface area contributed by atoms with E-state index in [2.05, 4.69) is 46.3 Å². The van der Waals surface area contributed by atoms with Gasteiger partial charge in [0.2, 0.25) is 0 Å². The normalized spacial score (nSPS) is 13.1. The molecule has 3 N–H and O–H groups in total. The highest BCUT2D eigenvalue weighted by molar-refractivity contribution is 5.86. The summed E-state index contributed by atoms with van der Waals surface area (Å²) in [4.78, 5) is 11.3. The summed E-state index contributed by atoms with van der Waals surface area (Å²) in [5.41, 5.74) is 3.42. The number of nitrogens with zero attached hydrogens (tertiary/aromatic N) is 5. The van der Waals surface area contributed by atoms with E-state index in [-0.39, 0.29) is 0 Å². The zero-order valence-corrected chi connectivity index (χ0v) is 12.6. The summed E-state index contributed by atoms with van der Waals surface area (Å²) in [5, 5.41) is 5.03. The molecule has 2 aromatic rings. The molecular weight excluding hydrogens is 254 g/mol. The molecule has 7 nitrogen and oxygen atoms in total. The van der Waals surface area contributed by atoms with Crippen molar-refractivity contribution in [1.82, 2.24) is 24.6 Å². The first-order valence-electron chi connectivity index (χ1n) is 6.88. The Morgan fingerprint density at radius 2 is 2.20 bits per heavy atom. The second kappa shape index (κ2) is 6.15. The molecule has 2 rings (SSSR count). The summed E-state index contributed by atoms with van der Waals surface area (Å²) in [6.07, 6.45) is 2.89. The molecule has 0 amide bonds. The molecule has 1 atom stereocenters. The molecule has 2 aromatic heterocycles. The maximum absolute atomic E-state index is 5.54. The highest BCUT2D eigenvalue weighted by Crippen LogP contribution is 2.19. The van der Waals surface area contributed by atoms with Gasteiger partial charge in [-0.15, -0.1) is 0 Å². The van der Waals surface area contributed by atoms with Crippen LogP contribution in [0.25, 0.3) is 11.0 Å². The fraction of sp³-hybridized carbons (Fsp3) is 0.615. The van der Waals surface area contributed by atoms with Gasteiger partial charge in [0.1, 0.15) is 5.82 Å². The molecule has 0 radical (unpaired) electrons. The maximum atomic E-state index is 5.54. The van der Waals surface area contributed by atoms with Gasteiger partial charge < -0.3 is 5.43 Å². The van der Waals surface area contributed by atoms with Crippen molar-refractivity contribution in [3.05, 3.63) is 12.0 Å². The summed E-state index contributed by atoms with van der Waals surface area (Å²) in [6.45, 7) is 6.16. The Bertz CT molecular complexity index is 577. The van der Waals surface area contributed by atoms with Crippen LogP contribution in [0.3, 0.4) is 0 Å². The predicted molar refractivity (Wildman–Crippen MR) is 79.9 cm³/mol. The number of hydrogen-bond acceptors (Lipinski definition) is 6. The van der Waals surface area contributed by atoms with Crippen LogP contribution in [0.1, 0.15) is 26.1 Å². The van der Waals surface area contributed by atoms with Gasteiger partial charge >= 0.3 is 0 Å². The number of fused-ring (bicyclic) bond motifs is 1. The Kier molecular flexibility index (Phi) is 4.51. The minimum Gasteiger partial charge on any atom is -0.308 e. The molecule has 20 heavy (non-hydrogen) atoms. The van der Waals surface area contributed by atoms with E-state index in [4.69, 9.17) is 5.84 Å². The largest absolute Gasteiger partial charge is 0.308 e. The van der Waals surface area contributed by atoms with Gasteiger partial charge in [-0.25, -0.2) is 15.8 Å². The van der Waals surface area contributed by atoms with Crippen LogP contribution in [-0.2, 0) is 13.6 Å². The van der Waals surface area contributed by atoms with Crippen molar-refractivity contribution in [2.75, 3.05) is 19.0 Å². The number of aromatic nitrogens is 4. The Labute approximate surface area is 119 Å². The summed E-state index contributed by atoms with van der Waals surface area (Å²) in [5.74, 6) is 7.57. The van der Waals surface area contributed by atoms with E-state index in [1.165, 1.54) is 6.42 Å². The number of anilines is 1. The first kappa shape index (κ1) is 14.7. The van der Waals surface area contributed by atoms with Crippen molar-refractivity contribution in [2.45, 2.75) is 26.8 Å². The maximum Gasteiger partial charge on any atom is 0.163 e. The Morgan fingerprint density at radius 3 is 2.85 bits per heavy atom. The van der Waals surface area contributed by atoms with E-state index in [1.807, 2.05) is 7.05 Å². The lowest BCUT2D eigenvalue weighted by Crippen LogP contribution is -2.25. The highest BCUT2D eigenvalue weighted by Gasteiger charge is 2.13. The Balaban J connectivity index is 2.23. The molecule has 0 aliphatic carbocycles. The first-order chi connectivity index (χ1) is 9.55. The average Bonchev–Trinajstić information content (AvgIpc) is 2.79. The number of rotatable bonds is 6. The van der Waals surface area contributed by atoms with Gasteiger partial charge in [0.05, 0.1) is 18.1 Å². The Morgan fingerprint density at radius 1 is 1.45 bits per heavy atom. The third-order valence-electron chi connectivity index (χ3n) is 3.51. The minimum atomic E-state index is 0.620. The molecule has 0 aliphatic rings. The van der Waals surface area contributed by atoms with E-state index in [0.29, 0.717) is 18.3 Å². The molecule has 0 spiro atoms. The van der Waals surface area contributed by atoms with Crippen molar-refractivity contribution in [3.8, 4) is 0 Å². The molecule has 0 aliphatic heterocycles. The second-order valence-electron chi connectivity index (χ2n) is 5.35. The molecule has 7 heteroatoms. The smallest absolute Gasteiger partial charge is 0.163 e. The third-order valence-corrected chi connectivity index (χ3v) is 3.51. The molecule has 0 bridgehead atoms. The van der Waals surface area contributed by atoms with Crippen LogP contribution in [0.4, 0.5) is 5.82 Å². The van der Waals surface area contributed by atoms with Crippen LogP contribution in [0.2, 0.25) is 0 Å². The molecule has 0 saturated heterocycles. The van der Waals surface area contributed by atoms with Crippen molar-refractivity contribution in [1.29, 1.82) is 0 Å². The Hall–Kier alpha value is -1.73. The quantitative estimate of drug-likeness (QED) is 0.608. The molecule has 0 saturated carbocycles. The summed E-state index contributed by atoms with van der Waals surface area (Å²) in [7, 11) is 3.95. The zero-order valence-electron chi connectivity index (χ0n) is 12.6. The van der Waals surface area contributed by atoms with Gasteiger partial charge in [-0.05, 0) is 13.0 Å². The molecule has 110 valence electrons. The van der Waals surface area contributed by atoms with Crippen LogP contribution < -0.4 is 11.3 Å². The van der Waals surface area contributed by atoms with E-state index in [9.17, 15) is 0 Å². The lowest BCUT2D eigenvalue weighted by molar-refractivity contribution is 0.269. The van der Waals surface area contributed by atoms with E-state index >= 15 is 0 Å². The van der Waals surface area contributed by atoms with Gasteiger partial charge in [0.25, 0.3) is 0 Å². The van der Waals surface area contributed by atoms with E-state index < -0.39 is 0 Å².